The van der Waals surface area contributed by atoms with Gasteiger partial charge in [0.1, 0.15) is 5.76 Å². The number of anilines is 1. The largest absolute Gasteiger partial charge is 0.459 e. The molecule has 0 atom stereocenters. The minimum absolute atomic E-state index is 0.158. The number of rotatable bonds is 7. The van der Waals surface area contributed by atoms with Crippen LogP contribution in [0.25, 0.3) is 10.8 Å². The smallest absolute Gasteiger partial charge is 0.230 e. The van der Waals surface area contributed by atoms with Gasteiger partial charge in [0.05, 0.1) is 23.6 Å². The Balaban J connectivity index is 1.64. The highest BCUT2D eigenvalue weighted by molar-refractivity contribution is 8.00. The predicted octanol–water partition coefficient (Wildman–Crippen LogP) is 3.47. The van der Waals surface area contributed by atoms with Crippen LogP contribution in [0.15, 0.2) is 51.1 Å². The lowest BCUT2D eigenvalue weighted by Crippen LogP contribution is -2.16. The second-order valence-corrected chi connectivity index (χ2v) is 7.41. The summed E-state index contributed by atoms with van der Waals surface area (Å²) in [6.45, 7) is 1.87. The van der Waals surface area contributed by atoms with Crippen molar-refractivity contribution in [3.05, 3.63) is 53.2 Å². The molecule has 0 fully saturated rings. The zero-order valence-electron chi connectivity index (χ0n) is 14.0. The van der Waals surface area contributed by atoms with Gasteiger partial charge in [-0.3, -0.25) is 9.59 Å². The van der Waals surface area contributed by atoms with Crippen molar-refractivity contribution in [1.82, 2.24) is 4.98 Å². The third kappa shape index (κ3) is 4.74. The summed E-state index contributed by atoms with van der Waals surface area (Å²) < 4.78 is 5.55. The van der Waals surface area contributed by atoms with E-state index in [-0.39, 0.29) is 18.1 Å². The van der Waals surface area contributed by atoms with Crippen LogP contribution >= 0.6 is 23.1 Å². The molecule has 3 N–H and O–H groups in total. The molecule has 0 saturated carbocycles. The lowest BCUT2D eigenvalue weighted by atomic mass is 10.3. The molecular weight excluding hydrogens is 370 g/mol. The number of benzene rings is 1. The minimum Gasteiger partial charge on any atom is -0.459 e. The maximum atomic E-state index is 12.4. The number of furan rings is 1. The summed E-state index contributed by atoms with van der Waals surface area (Å²) in [6, 6.07) is 11.0. The lowest BCUT2D eigenvalue weighted by Gasteiger charge is -2.09. The number of amides is 2. The Morgan fingerprint density at radius 3 is 2.81 bits per heavy atom. The number of nitrogens with one attached hydrogen (secondary N) is 1. The fraction of sp³-hybridized carbons (Fsp3) is 0.167. The molecule has 0 saturated heterocycles. The third-order valence-corrected chi connectivity index (χ3v) is 5.38. The molecule has 0 aliphatic heterocycles. The van der Waals surface area contributed by atoms with Gasteiger partial charge in [-0.15, -0.1) is 23.1 Å². The summed E-state index contributed by atoms with van der Waals surface area (Å²) in [4.78, 5) is 28.6. The van der Waals surface area contributed by atoms with E-state index in [1.807, 2.05) is 42.6 Å². The molecule has 0 spiro atoms. The van der Waals surface area contributed by atoms with E-state index in [0.717, 1.165) is 15.7 Å². The number of para-hydroxylation sites is 1. The van der Waals surface area contributed by atoms with Crippen molar-refractivity contribution in [3.63, 3.8) is 0 Å². The van der Waals surface area contributed by atoms with Crippen molar-refractivity contribution in [2.75, 3.05) is 11.1 Å². The van der Waals surface area contributed by atoms with Gasteiger partial charge in [-0.25, -0.2) is 4.98 Å². The van der Waals surface area contributed by atoms with Crippen LogP contribution in [0.3, 0.4) is 0 Å². The highest BCUT2D eigenvalue weighted by atomic mass is 32.2. The topological polar surface area (TPSA) is 98.2 Å². The van der Waals surface area contributed by atoms with Crippen molar-refractivity contribution >= 4 is 40.6 Å². The van der Waals surface area contributed by atoms with Crippen molar-refractivity contribution in [2.24, 2.45) is 5.73 Å². The van der Waals surface area contributed by atoms with Crippen LogP contribution in [0.4, 0.5) is 5.69 Å². The maximum absolute atomic E-state index is 12.4. The van der Waals surface area contributed by atoms with E-state index in [0.29, 0.717) is 17.1 Å². The summed E-state index contributed by atoms with van der Waals surface area (Å²) in [7, 11) is 0. The maximum Gasteiger partial charge on any atom is 0.230 e. The molecule has 3 aromatic rings. The molecule has 1 aromatic carbocycles. The number of thiazole rings is 1. The predicted molar refractivity (Wildman–Crippen MR) is 103 cm³/mol. The van der Waals surface area contributed by atoms with Gasteiger partial charge in [-0.1, -0.05) is 12.1 Å². The highest BCUT2D eigenvalue weighted by Gasteiger charge is 2.13. The molecule has 2 amide bonds. The molecule has 0 bridgehead atoms. The molecule has 26 heavy (non-hydrogen) atoms. The first-order chi connectivity index (χ1) is 12.5. The van der Waals surface area contributed by atoms with Crippen LogP contribution in [0, 0.1) is 6.92 Å². The molecule has 134 valence electrons. The van der Waals surface area contributed by atoms with Gasteiger partial charge < -0.3 is 15.5 Å². The first kappa shape index (κ1) is 18.2. The van der Waals surface area contributed by atoms with Crippen LogP contribution in [0.1, 0.15) is 11.5 Å². The Bertz CT molecular complexity index is 933. The molecule has 3 rings (SSSR count). The van der Waals surface area contributed by atoms with E-state index in [4.69, 9.17) is 10.2 Å². The summed E-state index contributed by atoms with van der Waals surface area (Å²) in [6.07, 6.45) is 0.158. The first-order valence-corrected chi connectivity index (χ1v) is 9.69. The molecule has 8 heteroatoms. The summed E-state index contributed by atoms with van der Waals surface area (Å²) in [5, 5.41) is 5.46. The van der Waals surface area contributed by atoms with Crippen LogP contribution in [0.5, 0.6) is 0 Å². The number of aromatic nitrogens is 1. The summed E-state index contributed by atoms with van der Waals surface area (Å²) in [5.74, 6) is 1.10. The van der Waals surface area contributed by atoms with Crippen LogP contribution < -0.4 is 11.1 Å². The van der Waals surface area contributed by atoms with Crippen molar-refractivity contribution in [1.29, 1.82) is 0 Å². The van der Waals surface area contributed by atoms with Crippen LogP contribution in [-0.4, -0.2) is 22.6 Å². The number of aryl methyl sites for hydroxylation is 1. The first-order valence-electron chi connectivity index (χ1n) is 7.82. The quantitative estimate of drug-likeness (QED) is 0.605. The van der Waals surface area contributed by atoms with Gasteiger partial charge in [0.2, 0.25) is 11.8 Å². The molecular formula is C18H17N3O3S2. The number of hydrogen-bond donors (Lipinski definition) is 2. The Labute approximate surface area is 158 Å². The number of nitrogens with zero attached hydrogens (tertiary/aromatic N) is 1. The molecule has 0 radical (unpaired) electrons. The van der Waals surface area contributed by atoms with E-state index in [2.05, 4.69) is 10.3 Å². The molecule has 2 aromatic heterocycles. The van der Waals surface area contributed by atoms with Gasteiger partial charge in [0.25, 0.3) is 0 Å². The number of thioether (sulfide) groups is 1. The second kappa shape index (κ2) is 8.20. The van der Waals surface area contributed by atoms with Gasteiger partial charge >= 0.3 is 0 Å². The van der Waals surface area contributed by atoms with Gasteiger partial charge in [0, 0.05) is 10.3 Å². The van der Waals surface area contributed by atoms with E-state index >= 15 is 0 Å². The molecule has 0 unspecified atom stereocenters. The Morgan fingerprint density at radius 2 is 2.08 bits per heavy atom. The summed E-state index contributed by atoms with van der Waals surface area (Å²) >= 11 is 2.73. The Morgan fingerprint density at radius 1 is 1.27 bits per heavy atom. The lowest BCUT2D eigenvalue weighted by molar-refractivity contribution is -0.116. The van der Waals surface area contributed by atoms with E-state index in [9.17, 15) is 9.59 Å². The van der Waals surface area contributed by atoms with Crippen molar-refractivity contribution in [3.8, 4) is 10.8 Å². The molecule has 2 heterocycles. The highest BCUT2D eigenvalue weighted by Crippen LogP contribution is 2.28. The molecule has 0 aliphatic rings. The second-order valence-electron chi connectivity index (χ2n) is 5.53. The van der Waals surface area contributed by atoms with E-state index < -0.39 is 5.91 Å². The third-order valence-electron chi connectivity index (χ3n) is 3.38. The Hall–Kier alpha value is -2.58. The van der Waals surface area contributed by atoms with Crippen LogP contribution in [0.2, 0.25) is 0 Å². The fourth-order valence-corrected chi connectivity index (χ4v) is 3.78. The monoisotopic (exact) mass is 387 g/mol. The van der Waals surface area contributed by atoms with Gasteiger partial charge in [0.15, 0.2) is 10.8 Å². The fourth-order valence-electron chi connectivity index (χ4n) is 2.25. The van der Waals surface area contributed by atoms with Crippen LogP contribution in [-0.2, 0) is 16.0 Å². The zero-order valence-corrected chi connectivity index (χ0v) is 15.7. The average molecular weight is 387 g/mol. The van der Waals surface area contributed by atoms with E-state index in [1.54, 1.807) is 6.07 Å². The summed E-state index contributed by atoms with van der Waals surface area (Å²) in [5.41, 5.74) is 6.52. The average Bonchev–Trinajstić information content (AvgIpc) is 3.23. The number of nitrogens with two attached hydrogens (primary N) is 1. The SMILES string of the molecule is Cc1ccc(-c2nc(CC(=O)Nc3ccccc3SCC(N)=O)cs2)o1. The normalized spacial score (nSPS) is 10.7. The zero-order chi connectivity index (χ0) is 18.5. The number of hydrogen-bond acceptors (Lipinski definition) is 6. The minimum atomic E-state index is -0.403. The van der Waals surface area contributed by atoms with Gasteiger partial charge in [-0.05, 0) is 31.2 Å². The Kier molecular flexibility index (Phi) is 5.75. The number of primary amides is 1. The standard InChI is InChI=1S/C18H17N3O3S2/c1-11-6-7-14(24-11)18-20-12(9-26-18)8-17(23)21-13-4-2-3-5-15(13)25-10-16(19)22/h2-7,9H,8,10H2,1H3,(H2,19,22)(H,21,23). The van der Waals surface area contributed by atoms with Crippen molar-refractivity contribution in [2.45, 2.75) is 18.2 Å². The van der Waals surface area contributed by atoms with E-state index in [1.165, 1.54) is 23.1 Å². The van der Waals surface area contributed by atoms with Crippen molar-refractivity contribution < 1.29 is 14.0 Å². The van der Waals surface area contributed by atoms with Gasteiger partial charge in [-0.2, -0.15) is 0 Å². The molecule has 6 nitrogen and oxygen atoms in total. The number of carbonyl (C=O) groups excluding carboxylic acids is 2. The number of carbonyl (C=O) groups is 2. The molecule has 0 aliphatic carbocycles.